The van der Waals surface area contributed by atoms with E-state index in [2.05, 4.69) is 26.3 Å². The fourth-order valence-electron chi connectivity index (χ4n) is 2.89. The average Bonchev–Trinajstić information content (AvgIpc) is 2.96. The Morgan fingerprint density at radius 3 is 2.90 bits per heavy atom. The number of methoxy groups -OCH3 is 1. The van der Waals surface area contributed by atoms with Crippen LogP contribution < -0.4 is 10.2 Å². The third kappa shape index (κ3) is 3.35. The van der Waals surface area contributed by atoms with Crippen LogP contribution in [0.4, 0.5) is 11.6 Å². The van der Waals surface area contributed by atoms with E-state index in [1.54, 1.807) is 13.4 Å². The Morgan fingerprint density at radius 1 is 1.30 bits per heavy atom. The number of rotatable bonds is 4. The van der Waals surface area contributed by atoms with Crippen molar-refractivity contribution in [2.45, 2.75) is 31.4 Å². The van der Waals surface area contributed by atoms with Gasteiger partial charge in [-0.15, -0.1) is 0 Å². The van der Waals surface area contributed by atoms with Crippen LogP contribution in [-0.4, -0.2) is 53.8 Å². The molecule has 0 bridgehead atoms. The van der Waals surface area contributed by atoms with E-state index in [4.69, 9.17) is 4.74 Å². The third-order valence-corrected chi connectivity index (χ3v) is 5.00. The molecule has 110 valence electrons. The Kier molecular flexibility index (Phi) is 4.62. The summed E-state index contributed by atoms with van der Waals surface area (Å²) in [5.74, 6) is 4.36. The monoisotopic (exact) mass is 294 g/mol. The summed E-state index contributed by atoms with van der Waals surface area (Å²) in [6.07, 6.45) is 5.42. The van der Waals surface area contributed by atoms with Gasteiger partial charge in [-0.05, 0) is 19.3 Å². The first-order valence-corrected chi connectivity index (χ1v) is 8.44. The Hall–Kier alpha value is -1.01. The fraction of sp³-hybridized carbons (Fsp3) is 0.714. The largest absolute Gasteiger partial charge is 0.381 e. The molecule has 0 amide bonds. The molecule has 2 atom stereocenters. The lowest BCUT2D eigenvalue weighted by Crippen LogP contribution is -2.33. The van der Waals surface area contributed by atoms with Gasteiger partial charge in [0.1, 0.15) is 18.0 Å². The quantitative estimate of drug-likeness (QED) is 0.917. The second-order valence-corrected chi connectivity index (χ2v) is 6.60. The van der Waals surface area contributed by atoms with Gasteiger partial charge in [0.2, 0.25) is 0 Å². The van der Waals surface area contributed by atoms with Crippen molar-refractivity contribution in [1.29, 1.82) is 0 Å². The number of hydrogen-bond donors (Lipinski definition) is 1. The highest BCUT2D eigenvalue weighted by atomic mass is 32.2. The van der Waals surface area contributed by atoms with E-state index in [1.165, 1.54) is 11.5 Å². The van der Waals surface area contributed by atoms with E-state index in [0.717, 1.165) is 44.0 Å². The first-order chi connectivity index (χ1) is 9.85. The third-order valence-electron chi connectivity index (χ3n) is 4.06. The van der Waals surface area contributed by atoms with Gasteiger partial charge in [-0.3, -0.25) is 0 Å². The second-order valence-electron chi connectivity index (χ2n) is 5.37. The van der Waals surface area contributed by atoms with E-state index in [1.807, 2.05) is 11.8 Å². The van der Waals surface area contributed by atoms with Crippen LogP contribution in [-0.2, 0) is 4.74 Å². The standard InChI is InChI=1S/C14H22N4OS/c1-19-12-3-2-11(8-12)17-13-9-14(16-10-15-13)18-4-6-20-7-5-18/h9-12H,2-8H2,1H3,(H,15,16,17)/t11-,12-/m1/s1. The van der Waals surface area contributed by atoms with Gasteiger partial charge in [0.05, 0.1) is 6.10 Å². The van der Waals surface area contributed by atoms with Crippen molar-refractivity contribution in [3.8, 4) is 0 Å². The SMILES string of the molecule is CO[C@@H]1CC[C@@H](Nc2cc(N3CCSCC3)ncn2)C1. The molecule has 0 unspecified atom stereocenters. The molecule has 2 heterocycles. The summed E-state index contributed by atoms with van der Waals surface area (Å²) in [4.78, 5) is 11.1. The van der Waals surface area contributed by atoms with Crippen LogP contribution in [0.1, 0.15) is 19.3 Å². The van der Waals surface area contributed by atoms with E-state index >= 15 is 0 Å². The molecular weight excluding hydrogens is 272 g/mol. The highest BCUT2D eigenvalue weighted by Crippen LogP contribution is 2.25. The zero-order valence-electron chi connectivity index (χ0n) is 11.9. The predicted molar refractivity (Wildman–Crippen MR) is 83.6 cm³/mol. The normalized spacial score (nSPS) is 26.8. The number of ether oxygens (including phenoxy) is 1. The summed E-state index contributed by atoms with van der Waals surface area (Å²) in [6.45, 7) is 2.16. The smallest absolute Gasteiger partial charge is 0.134 e. The van der Waals surface area contributed by atoms with Crippen molar-refractivity contribution in [3.63, 3.8) is 0 Å². The van der Waals surface area contributed by atoms with Crippen molar-refractivity contribution in [2.75, 3.05) is 41.9 Å². The van der Waals surface area contributed by atoms with E-state index in [-0.39, 0.29) is 0 Å². The molecule has 1 aliphatic heterocycles. The van der Waals surface area contributed by atoms with Gasteiger partial charge in [0.25, 0.3) is 0 Å². The predicted octanol–water partition coefficient (Wildman–Crippen LogP) is 2.01. The molecule has 1 N–H and O–H groups in total. The molecule has 1 saturated heterocycles. The van der Waals surface area contributed by atoms with Crippen molar-refractivity contribution >= 4 is 23.4 Å². The summed E-state index contributed by atoms with van der Waals surface area (Å²) < 4.78 is 5.41. The van der Waals surface area contributed by atoms with Gasteiger partial charge in [0.15, 0.2) is 0 Å². The minimum Gasteiger partial charge on any atom is -0.381 e. The van der Waals surface area contributed by atoms with Gasteiger partial charge in [-0.2, -0.15) is 11.8 Å². The van der Waals surface area contributed by atoms with Crippen molar-refractivity contribution in [3.05, 3.63) is 12.4 Å². The molecule has 1 saturated carbocycles. The van der Waals surface area contributed by atoms with Gasteiger partial charge in [-0.25, -0.2) is 9.97 Å². The second kappa shape index (κ2) is 6.63. The van der Waals surface area contributed by atoms with Gasteiger partial charge in [-0.1, -0.05) is 0 Å². The van der Waals surface area contributed by atoms with Crippen LogP contribution in [0.25, 0.3) is 0 Å². The molecule has 6 heteroatoms. The van der Waals surface area contributed by atoms with Crippen LogP contribution in [0.15, 0.2) is 12.4 Å². The average molecular weight is 294 g/mol. The van der Waals surface area contributed by atoms with Crippen LogP contribution in [0, 0.1) is 0 Å². The van der Waals surface area contributed by atoms with Gasteiger partial charge in [0, 0.05) is 43.8 Å². The zero-order valence-corrected chi connectivity index (χ0v) is 12.7. The number of aromatic nitrogens is 2. The molecule has 1 aromatic heterocycles. The number of thioether (sulfide) groups is 1. The van der Waals surface area contributed by atoms with Crippen LogP contribution >= 0.6 is 11.8 Å². The van der Waals surface area contributed by atoms with Crippen LogP contribution in [0.2, 0.25) is 0 Å². The van der Waals surface area contributed by atoms with Crippen LogP contribution in [0.5, 0.6) is 0 Å². The minimum atomic E-state index is 0.396. The number of anilines is 2. The van der Waals surface area contributed by atoms with Crippen molar-refractivity contribution in [2.24, 2.45) is 0 Å². The fourth-order valence-corrected chi connectivity index (χ4v) is 3.79. The van der Waals surface area contributed by atoms with E-state index in [0.29, 0.717) is 12.1 Å². The molecule has 20 heavy (non-hydrogen) atoms. The maximum atomic E-state index is 5.41. The highest BCUT2D eigenvalue weighted by molar-refractivity contribution is 7.99. The molecule has 3 rings (SSSR count). The van der Waals surface area contributed by atoms with Crippen molar-refractivity contribution in [1.82, 2.24) is 9.97 Å². The lowest BCUT2D eigenvalue weighted by atomic mass is 10.2. The number of hydrogen-bond acceptors (Lipinski definition) is 6. The highest BCUT2D eigenvalue weighted by Gasteiger charge is 2.24. The molecule has 0 radical (unpaired) electrons. The molecule has 5 nitrogen and oxygen atoms in total. The molecule has 1 aliphatic carbocycles. The first kappa shape index (κ1) is 13.9. The van der Waals surface area contributed by atoms with Gasteiger partial charge >= 0.3 is 0 Å². The molecule has 0 aromatic carbocycles. The lowest BCUT2D eigenvalue weighted by Gasteiger charge is -2.27. The number of nitrogens with zero attached hydrogens (tertiary/aromatic N) is 3. The topological polar surface area (TPSA) is 50.3 Å². The maximum absolute atomic E-state index is 5.41. The van der Waals surface area contributed by atoms with Crippen molar-refractivity contribution < 1.29 is 4.74 Å². The molecule has 2 fully saturated rings. The maximum Gasteiger partial charge on any atom is 0.134 e. The molecule has 1 aromatic rings. The summed E-state index contributed by atoms with van der Waals surface area (Å²) >= 11 is 2.01. The number of nitrogens with one attached hydrogen (secondary N) is 1. The van der Waals surface area contributed by atoms with Gasteiger partial charge < -0.3 is 15.0 Å². The molecule has 2 aliphatic rings. The summed E-state index contributed by atoms with van der Waals surface area (Å²) in [7, 11) is 1.80. The zero-order chi connectivity index (χ0) is 13.8. The van der Waals surface area contributed by atoms with E-state index < -0.39 is 0 Å². The Balaban J connectivity index is 1.62. The molecular formula is C14H22N4OS. The summed E-state index contributed by atoms with van der Waals surface area (Å²) in [5.41, 5.74) is 0. The minimum absolute atomic E-state index is 0.396. The molecule has 0 spiro atoms. The first-order valence-electron chi connectivity index (χ1n) is 7.29. The Bertz CT molecular complexity index is 439. The van der Waals surface area contributed by atoms with Crippen LogP contribution in [0.3, 0.4) is 0 Å². The summed E-state index contributed by atoms with van der Waals surface area (Å²) in [6, 6.07) is 2.55. The summed E-state index contributed by atoms with van der Waals surface area (Å²) in [5, 5.41) is 3.52. The van der Waals surface area contributed by atoms with E-state index in [9.17, 15) is 0 Å². The Labute approximate surface area is 124 Å². The lowest BCUT2D eigenvalue weighted by molar-refractivity contribution is 0.108. The Morgan fingerprint density at radius 2 is 2.15 bits per heavy atom.